The number of nitrogens with zero attached hydrogens (tertiary/aromatic N) is 15. The Kier molecular flexibility index (Phi) is 35.0. The Bertz CT molecular complexity index is 6500. The van der Waals surface area contributed by atoms with Crippen LogP contribution in [0.5, 0.6) is 17.6 Å². The highest BCUT2D eigenvalue weighted by Crippen LogP contribution is 2.35. The van der Waals surface area contributed by atoms with Crippen molar-refractivity contribution in [2.75, 3.05) is 125 Å². The maximum atomic E-state index is 14.1. The van der Waals surface area contributed by atoms with Gasteiger partial charge < -0.3 is 57.3 Å². The number of morpholine rings is 2. The third-order valence-corrected chi connectivity index (χ3v) is 23.6. The van der Waals surface area contributed by atoms with E-state index in [0.29, 0.717) is 135 Å². The molecule has 31 nitrogen and oxygen atoms in total. The maximum Gasteiger partial charge on any atom is 0.417 e. The first-order chi connectivity index (χ1) is 68.2. The van der Waals surface area contributed by atoms with Crippen LogP contribution in [-0.2, 0) is 67.1 Å². The van der Waals surface area contributed by atoms with Crippen LogP contribution in [0.2, 0.25) is 0 Å². The fourth-order valence-electron chi connectivity index (χ4n) is 16.7. The number of amides is 3. The summed E-state index contributed by atoms with van der Waals surface area (Å²) in [5, 5.41) is 18.2. The van der Waals surface area contributed by atoms with E-state index in [2.05, 4.69) is 28.9 Å². The van der Waals surface area contributed by atoms with Gasteiger partial charge in [0.25, 0.3) is 0 Å². The molecule has 3 amide bonds. The molecule has 17 rings (SSSR count). The van der Waals surface area contributed by atoms with Crippen LogP contribution < -0.4 is 14.2 Å². The summed E-state index contributed by atoms with van der Waals surface area (Å²) in [6.45, 7) is 16.5. The third kappa shape index (κ3) is 28.4. The van der Waals surface area contributed by atoms with Crippen molar-refractivity contribution in [2.24, 2.45) is 0 Å². The minimum Gasteiger partial charge on any atom is -0.480 e. The van der Waals surface area contributed by atoms with Gasteiger partial charge in [-0.15, -0.1) is 0 Å². The molecule has 140 heavy (non-hydrogen) atoms. The molecular formula is C109H119N15O16. The van der Waals surface area contributed by atoms with E-state index in [0.717, 1.165) is 139 Å². The second-order valence-corrected chi connectivity index (χ2v) is 35.5. The van der Waals surface area contributed by atoms with E-state index in [1.165, 1.54) is 14.7 Å². The summed E-state index contributed by atoms with van der Waals surface area (Å²) >= 11 is 0. The quantitative estimate of drug-likeness (QED) is 0.0338. The number of carbonyl (C=O) groups excluding carboxylic acids is 4. The van der Waals surface area contributed by atoms with Crippen LogP contribution in [-0.4, -0.2) is 250 Å². The zero-order valence-corrected chi connectivity index (χ0v) is 79.7. The number of hydrogen-bond acceptors (Lipinski definition) is 23. The standard InChI is InChI=1S/C38H43N5O6.C36H41N5O4.C35H35N5O6/c1-38(2,3)49-34(44)27-42(18-11-17-41-19-22-46-23-20-41)37(45)48-36-32(25-30-16-10-21-47-30)40-35-31(24-28-12-6-4-7-13-28)39-33(26-43(35)36)29-14-8-5-9-15-29;1-2-3-18-40(19-11-17-39-20-23-43-24-21-39)36(42)45-35-32(26-30-16-10-22-44-30)38-34-31(25-28-12-6-4-7-13-28)37-33(27-41(34)35)29-14-8-5-9-15-29;1-38(18-11-19-39(23-31(41)42)24-32(43)44)35(45)46-34-29(21-26-14-7-3-8-15-26)37-33-28(20-25-12-5-2-6-13-25)36-30(22-40(33)34)27-16-9-4-10-17-27/h4-10,12-16,21,26H,11,17-20,22-25,27H2,1-3H3;4-10,12-16,22,27H,2-3,11,17-21,23-26H2,1H3;2-10,12-17,22H,11,18-21,23-24H2,1H3,(H,41,42)(H,43,44). The van der Waals surface area contributed by atoms with E-state index in [1.807, 2.05) is 252 Å². The van der Waals surface area contributed by atoms with Crippen molar-refractivity contribution in [2.45, 2.75) is 104 Å². The Morgan fingerprint density at radius 1 is 0.371 bits per heavy atom. The van der Waals surface area contributed by atoms with Crippen LogP contribution >= 0.6 is 0 Å². The van der Waals surface area contributed by atoms with Crippen LogP contribution in [0.25, 0.3) is 50.7 Å². The van der Waals surface area contributed by atoms with Gasteiger partial charge in [-0.2, -0.15) is 0 Å². The molecule has 2 aliphatic heterocycles. The number of carboxylic acid groups (broad SMARTS) is 2. The monoisotopic (exact) mass is 1890 g/mol. The van der Waals surface area contributed by atoms with Crippen LogP contribution in [0.3, 0.4) is 0 Å². The van der Waals surface area contributed by atoms with Crippen molar-refractivity contribution < 1.29 is 76.2 Å². The average molecular weight is 1900 g/mol. The number of imidazole rings is 3. The molecule has 0 aliphatic carbocycles. The van der Waals surface area contributed by atoms with Gasteiger partial charge in [-0.1, -0.05) is 226 Å². The minimum absolute atomic E-state index is 0.181. The van der Waals surface area contributed by atoms with E-state index in [1.54, 1.807) is 49.1 Å². The summed E-state index contributed by atoms with van der Waals surface area (Å²) in [6.07, 6.45) is 13.6. The van der Waals surface area contributed by atoms with Crippen molar-refractivity contribution in [1.29, 1.82) is 0 Å². The number of esters is 1. The van der Waals surface area contributed by atoms with Gasteiger partial charge in [0, 0.05) is 140 Å². The molecule has 10 heterocycles. The predicted octanol–water partition coefficient (Wildman–Crippen LogP) is 17.4. The summed E-state index contributed by atoms with van der Waals surface area (Å²) < 4.78 is 52.1. The Hall–Kier alpha value is -15.0. The van der Waals surface area contributed by atoms with Gasteiger partial charge in [-0.3, -0.25) is 47.2 Å². The molecule has 0 bridgehead atoms. The summed E-state index contributed by atoms with van der Waals surface area (Å²) in [4.78, 5) is 118. The van der Waals surface area contributed by atoms with Gasteiger partial charge in [0.05, 0.1) is 99.0 Å². The first-order valence-electron chi connectivity index (χ1n) is 47.6. The molecule has 0 unspecified atom stereocenters. The van der Waals surface area contributed by atoms with Crippen LogP contribution in [0.15, 0.2) is 277 Å². The van der Waals surface area contributed by atoms with Crippen molar-refractivity contribution >= 4 is 53.1 Å². The molecule has 0 radical (unpaired) electrons. The van der Waals surface area contributed by atoms with Gasteiger partial charge >= 0.3 is 36.2 Å². The van der Waals surface area contributed by atoms with Gasteiger partial charge in [-0.25, -0.2) is 44.3 Å². The number of fused-ring (bicyclic) bond motifs is 3. The van der Waals surface area contributed by atoms with Crippen molar-refractivity contribution in [3.8, 4) is 51.4 Å². The fourth-order valence-corrected chi connectivity index (χ4v) is 16.7. The fraction of sp³-hybridized carbons (Fsp3) is 0.321. The Labute approximate surface area is 813 Å². The highest BCUT2D eigenvalue weighted by molar-refractivity contribution is 5.80. The molecule has 2 fully saturated rings. The predicted molar refractivity (Wildman–Crippen MR) is 530 cm³/mol. The first kappa shape index (κ1) is 99.5. The number of hydrogen-bond donors (Lipinski definition) is 2. The normalized spacial score (nSPS) is 12.9. The van der Waals surface area contributed by atoms with E-state index in [9.17, 15) is 28.8 Å². The number of carboxylic acids is 2. The lowest BCUT2D eigenvalue weighted by Gasteiger charge is -2.28. The molecule has 726 valence electrons. The lowest BCUT2D eigenvalue weighted by molar-refractivity contribution is -0.155. The molecule has 7 aromatic carbocycles. The van der Waals surface area contributed by atoms with Crippen molar-refractivity contribution in [3.63, 3.8) is 0 Å². The highest BCUT2D eigenvalue weighted by Gasteiger charge is 2.32. The summed E-state index contributed by atoms with van der Waals surface area (Å²) in [5.41, 5.74) is 14.3. The maximum absolute atomic E-state index is 14.1. The number of aliphatic carboxylic acids is 2. The van der Waals surface area contributed by atoms with Gasteiger partial charge in [-0.05, 0) is 93.0 Å². The lowest BCUT2D eigenvalue weighted by atomic mass is 10.1. The lowest BCUT2D eigenvalue weighted by Crippen LogP contribution is -2.43. The SMILES string of the molecule is CC(C)(C)OC(=O)CN(CCCN1CCOCC1)C(=O)Oc1c(Cc2ccco2)nc2c(Cc3ccccc3)nc(-c3ccccc3)cn12.CCCCN(CCCN1CCOCC1)C(=O)Oc1c(Cc2ccco2)nc2c(Cc3ccccc3)nc(-c3ccccc3)cn12.CN(CCCN(CC(=O)O)CC(=O)O)C(=O)Oc1c(Cc2ccccc2)nc2c(Cc3ccccc3)nc(-c3ccccc3)cn12. The summed E-state index contributed by atoms with van der Waals surface area (Å²) in [5.74, 6) is -0.425. The van der Waals surface area contributed by atoms with Crippen LogP contribution in [0.1, 0.15) is 128 Å². The highest BCUT2D eigenvalue weighted by atomic mass is 16.6. The molecule has 0 spiro atoms. The first-order valence-corrected chi connectivity index (χ1v) is 47.6. The molecular weight excluding hydrogens is 1780 g/mol. The van der Waals surface area contributed by atoms with Crippen LogP contribution in [0.4, 0.5) is 14.4 Å². The molecule has 2 N–H and O–H groups in total. The van der Waals surface area contributed by atoms with Gasteiger partial charge in [0.15, 0.2) is 16.9 Å². The Balaban J connectivity index is 0.000000159. The van der Waals surface area contributed by atoms with E-state index >= 15 is 0 Å². The number of ether oxygens (including phenoxy) is 6. The van der Waals surface area contributed by atoms with E-state index < -0.39 is 48.8 Å². The number of aromatic nitrogens is 9. The topological polar surface area (TPSA) is 335 Å². The summed E-state index contributed by atoms with van der Waals surface area (Å²) in [7, 11) is 1.58. The summed E-state index contributed by atoms with van der Waals surface area (Å²) in [6, 6.07) is 77.2. The zero-order valence-electron chi connectivity index (χ0n) is 79.7. The van der Waals surface area contributed by atoms with Crippen molar-refractivity contribution in [3.05, 3.63) is 336 Å². The molecule has 15 aromatic rings. The Morgan fingerprint density at radius 3 is 1.06 bits per heavy atom. The third-order valence-electron chi connectivity index (χ3n) is 23.6. The smallest absolute Gasteiger partial charge is 0.417 e. The number of furan rings is 2. The van der Waals surface area contributed by atoms with E-state index in [4.69, 9.17) is 77.4 Å². The van der Waals surface area contributed by atoms with Crippen LogP contribution in [0, 0.1) is 0 Å². The van der Waals surface area contributed by atoms with E-state index in [-0.39, 0.29) is 43.9 Å². The van der Waals surface area contributed by atoms with Gasteiger partial charge in [0.2, 0.25) is 17.6 Å². The molecule has 0 atom stereocenters. The second kappa shape index (κ2) is 49.3. The largest absolute Gasteiger partial charge is 0.480 e. The minimum atomic E-state index is -1.12. The van der Waals surface area contributed by atoms with Gasteiger partial charge in [0.1, 0.15) is 40.7 Å². The molecule has 31 heteroatoms. The number of carbonyl (C=O) groups is 6. The Morgan fingerprint density at radius 2 is 0.707 bits per heavy atom. The number of benzene rings is 7. The molecule has 0 saturated carbocycles. The van der Waals surface area contributed by atoms with Crippen molar-refractivity contribution in [1.82, 2.24) is 72.5 Å². The second-order valence-electron chi connectivity index (χ2n) is 35.5. The molecule has 2 saturated heterocycles. The molecule has 8 aromatic heterocycles. The molecule has 2 aliphatic rings. The average Bonchev–Trinajstić information content (AvgIpc) is 1.62. The number of unbranched alkanes of at least 4 members (excludes halogenated alkanes) is 1. The number of rotatable bonds is 39. The zero-order chi connectivity index (χ0) is 97.5.